The molecule has 3 N–H and O–H groups in total. The van der Waals surface area contributed by atoms with Crippen LogP contribution in [0.3, 0.4) is 0 Å². The first-order valence-corrected chi connectivity index (χ1v) is 7.91. The normalized spacial score (nSPS) is 18.4. The molecule has 1 atom stereocenters. The van der Waals surface area contributed by atoms with Crippen molar-refractivity contribution in [1.82, 2.24) is 20.0 Å². The fraction of sp³-hybridized carbons (Fsp3) is 0.667. The maximum Gasteiger partial charge on any atom is 0.274 e. The SMILES string of the molecule is CCCc1cc(C(=O)N2CCO[C@@H](CN(C)CC(N)=O)C2)n[nH]1. The number of likely N-dealkylation sites (N-methyl/N-ethyl adjacent to an activating group) is 1. The molecule has 0 aromatic carbocycles. The smallest absolute Gasteiger partial charge is 0.274 e. The third-order valence-corrected chi connectivity index (χ3v) is 3.74. The summed E-state index contributed by atoms with van der Waals surface area (Å²) in [5, 5.41) is 7.01. The van der Waals surface area contributed by atoms with Gasteiger partial charge in [-0.1, -0.05) is 13.3 Å². The third kappa shape index (κ3) is 5.04. The Labute approximate surface area is 135 Å². The summed E-state index contributed by atoms with van der Waals surface area (Å²) >= 11 is 0. The minimum atomic E-state index is -0.379. The largest absolute Gasteiger partial charge is 0.373 e. The molecule has 8 heteroatoms. The number of rotatable bonds is 7. The zero-order valence-electron chi connectivity index (χ0n) is 13.7. The average Bonchev–Trinajstić information content (AvgIpc) is 2.95. The van der Waals surface area contributed by atoms with Crippen molar-refractivity contribution >= 4 is 11.8 Å². The molecule has 0 saturated carbocycles. The standard InChI is InChI=1S/C15H25N5O3/c1-3-4-11-7-13(18-17-11)15(22)20-5-6-23-12(9-20)8-19(2)10-14(16)21/h7,12H,3-6,8-10H2,1-2H3,(H2,16,21)(H,17,18)/t12-/m0/s1. The predicted octanol–water partition coefficient (Wildman–Crippen LogP) is -0.380. The fourth-order valence-electron chi connectivity index (χ4n) is 2.72. The molecular weight excluding hydrogens is 298 g/mol. The second-order valence-corrected chi connectivity index (χ2v) is 5.94. The number of carbonyl (C=O) groups excluding carboxylic acids is 2. The second-order valence-electron chi connectivity index (χ2n) is 5.94. The third-order valence-electron chi connectivity index (χ3n) is 3.74. The van der Waals surface area contributed by atoms with Gasteiger partial charge in [0.25, 0.3) is 5.91 Å². The zero-order valence-corrected chi connectivity index (χ0v) is 13.7. The van der Waals surface area contributed by atoms with Crippen LogP contribution >= 0.6 is 0 Å². The number of carbonyl (C=O) groups is 2. The molecule has 1 saturated heterocycles. The number of hydrogen-bond donors (Lipinski definition) is 2. The number of ether oxygens (including phenoxy) is 1. The Balaban J connectivity index is 1.91. The number of amides is 2. The van der Waals surface area contributed by atoms with Crippen molar-refractivity contribution in [3.63, 3.8) is 0 Å². The number of hydrogen-bond acceptors (Lipinski definition) is 5. The first-order valence-electron chi connectivity index (χ1n) is 7.91. The molecular formula is C15H25N5O3. The summed E-state index contributed by atoms with van der Waals surface area (Å²) in [5.74, 6) is -0.467. The molecule has 1 aromatic rings. The number of aromatic nitrogens is 2. The Morgan fingerprint density at radius 3 is 3.04 bits per heavy atom. The lowest BCUT2D eigenvalue weighted by molar-refractivity contribution is -0.119. The van der Waals surface area contributed by atoms with Crippen LogP contribution in [0.15, 0.2) is 6.07 Å². The van der Waals surface area contributed by atoms with Crippen molar-refractivity contribution in [2.45, 2.75) is 25.9 Å². The van der Waals surface area contributed by atoms with Gasteiger partial charge in [-0.3, -0.25) is 19.6 Å². The number of H-pyrrole nitrogens is 1. The first-order chi connectivity index (χ1) is 11.0. The summed E-state index contributed by atoms with van der Waals surface area (Å²) in [6, 6.07) is 1.81. The number of nitrogens with zero attached hydrogens (tertiary/aromatic N) is 3. The second kappa shape index (κ2) is 8.07. The van der Waals surface area contributed by atoms with Gasteiger partial charge in [-0.05, 0) is 19.5 Å². The van der Waals surface area contributed by atoms with Crippen LogP contribution in [-0.2, 0) is 16.0 Å². The zero-order chi connectivity index (χ0) is 16.8. The van der Waals surface area contributed by atoms with Crippen LogP contribution in [-0.4, -0.2) is 77.7 Å². The van der Waals surface area contributed by atoms with E-state index in [-0.39, 0.29) is 24.5 Å². The number of nitrogens with two attached hydrogens (primary N) is 1. The summed E-state index contributed by atoms with van der Waals surface area (Å²) in [5.41, 5.74) is 6.60. The molecule has 8 nitrogen and oxygen atoms in total. The highest BCUT2D eigenvalue weighted by atomic mass is 16.5. The molecule has 1 fully saturated rings. The van der Waals surface area contributed by atoms with E-state index in [0.29, 0.717) is 31.9 Å². The van der Waals surface area contributed by atoms with E-state index in [1.807, 2.05) is 6.07 Å². The van der Waals surface area contributed by atoms with Crippen LogP contribution in [0, 0.1) is 0 Å². The Morgan fingerprint density at radius 1 is 1.57 bits per heavy atom. The predicted molar refractivity (Wildman–Crippen MR) is 84.9 cm³/mol. The lowest BCUT2D eigenvalue weighted by atomic mass is 10.2. The van der Waals surface area contributed by atoms with E-state index in [1.165, 1.54) is 0 Å². The van der Waals surface area contributed by atoms with Gasteiger partial charge in [0, 0.05) is 25.3 Å². The highest BCUT2D eigenvalue weighted by molar-refractivity contribution is 5.92. The van der Waals surface area contributed by atoms with Crippen LogP contribution in [0.25, 0.3) is 0 Å². The van der Waals surface area contributed by atoms with Gasteiger partial charge in [0.1, 0.15) is 5.69 Å². The van der Waals surface area contributed by atoms with E-state index >= 15 is 0 Å². The van der Waals surface area contributed by atoms with Gasteiger partial charge in [0.15, 0.2) is 0 Å². The van der Waals surface area contributed by atoms with Crippen molar-refractivity contribution in [2.75, 3.05) is 39.8 Å². The molecule has 0 radical (unpaired) electrons. The van der Waals surface area contributed by atoms with Crippen molar-refractivity contribution in [1.29, 1.82) is 0 Å². The number of morpholine rings is 1. The lowest BCUT2D eigenvalue weighted by Gasteiger charge is -2.34. The first kappa shape index (κ1) is 17.4. The highest BCUT2D eigenvalue weighted by Gasteiger charge is 2.27. The minimum absolute atomic E-state index is 0.0885. The van der Waals surface area contributed by atoms with Crippen LogP contribution in [0.2, 0.25) is 0 Å². The van der Waals surface area contributed by atoms with E-state index < -0.39 is 0 Å². The van der Waals surface area contributed by atoms with Gasteiger partial charge in [0.05, 0.1) is 19.3 Å². The van der Waals surface area contributed by atoms with Crippen molar-refractivity contribution < 1.29 is 14.3 Å². The average molecular weight is 323 g/mol. The maximum atomic E-state index is 12.5. The molecule has 1 aliphatic heterocycles. The van der Waals surface area contributed by atoms with Gasteiger partial charge >= 0.3 is 0 Å². The fourth-order valence-corrected chi connectivity index (χ4v) is 2.72. The molecule has 2 heterocycles. The summed E-state index contributed by atoms with van der Waals surface area (Å²) in [7, 11) is 1.81. The van der Waals surface area contributed by atoms with Gasteiger partial charge in [-0.2, -0.15) is 5.10 Å². The lowest BCUT2D eigenvalue weighted by Crippen LogP contribution is -2.50. The molecule has 1 aliphatic rings. The van der Waals surface area contributed by atoms with E-state index in [4.69, 9.17) is 10.5 Å². The molecule has 0 bridgehead atoms. The van der Waals surface area contributed by atoms with Crippen LogP contribution in [0.1, 0.15) is 29.5 Å². The van der Waals surface area contributed by atoms with Crippen molar-refractivity contribution in [3.8, 4) is 0 Å². The molecule has 2 rings (SSSR count). The monoisotopic (exact) mass is 323 g/mol. The summed E-state index contributed by atoms with van der Waals surface area (Å²) in [4.78, 5) is 27.0. The molecule has 2 amide bonds. The summed E-state index contributed by atoms with van der Waals surface area (Å²) in [6.45, 7) is 4.31. The number of nitrogens with one attached hydrogen (secondary N) is 1. The van der Waals surface area contributed by atoms with Gasteiger partial charge < -0.3 is 15.4 Å². The van der Waals surface area contributed by atoms with Crippen LogP contribution in [0.5, 0.6) is 0 Å². The Kier molecular flexibility index (Phi) is 6.12. The quantitative estimate of drug-likeness (QED) is 0.712. The van der Waals surface area contributed by atoms with Crippen LogP contribution in [0.4, 0.5) is 0 Å². The summed E-state index contributed by atoms with van der Waals surface area (Å²) in [6.07, 6.45) is 1.75. The van der Waals surface area contributed by atoms with Crippen molar-refractivity contribution in [2.24, 2.45) is 5.73 Å². The molecule has 1 aromatic heterocycles. The van der Waals surface area contributed by atoms with E-state index in [0.717, 1.165) is 18.5 Å². The van der Waals surface area contributed by atoms with E-state index in [1.54, 1.807) is 16.8 Å². The van der Waals surface area contributed by atoms with E-state index in [2.05, 4.69) is 17.1 Å². The van der Waals surface area contributed by atoms with Crippen LogP contribution < -0.4 is 5.73 Å². The molecule has 0 aliphatic carbocycles. The van der Waals surface area contributed by atoms with Gasteiger partial charge in [-0.15, -0.1) is 0 Å². The summed E-state index contributed by atoms with van der Waals surface area (Å²) < 4.78 is 5.67. The van der Waals surface area contributed by atoms with E-state index in [9.17, 15) is 9.59 Å². The molecule has 0 spiro atoms. The van der Waals surface area contributed by atoms with Gasteiger partial charge in [-0.25, -0.2) is 0 Å². The Morgan fingerprint density at radius 2 is 2.35 bits per heavy atom. The highest BCUT2D eigenvalue weighted by Crippen LogP contribution is 2.11. The maximum absolute atomic E-state index is 12.5. The van der Waals surface area contributed by atoms with Crippen molar-refractivity contribution in [3.05, 3.63) is 17.5 Å². The molecule has 0 unspecified atom stereocenters. The molecule has 128 valence electrons. The van der Waals surface area contributed by atoms with Gasteiger partial charge in [0.2, 0.25) is 5.91 Å². The minimum Gasteiger partial charge on any atom is -0.373 e. The number of aromatic amines is 1. The number of aryl methyl sites for hydroxylation is 1. The Bertz CT molecular complexity index is 545. The Hall–Kier alpha value is -1.93. The number of primary amides is 1. The topological polar surface area (TPSA) is 105 Å². The molecule has 23 heavy (non-hydrogen) atoms.